The summed E-state index contributed by atoms with van der Waals surface area (Å²) < 4.78 is 0. The number of carbonyl (C=O) groups excluding carboxylic acids is 1. The van der Waals surface area contributed by atoms with E-state index in [4.69, 9.17) is 10.8 Å². The van der Waals surface area contributed by atoms with Crippen molar-refractivity contribution < 1.29 is 14.7 Å². The normalized spacial score (nSPS) is 23.1. The number of nitrogens with one attached hydrogen (secondary N) is 1. The van der Waals surface area contributed by atoms with Gasteiger partial charge in [0.1, 0.15) is 0 Å². The molecule has 1 saturated heterocycles. The molecule has 0 radical (unpaired) electrons. The van der Waals surface area contributed by atoms with Crippen LogP contribution in [0.25, 0.3) is 0 Å². The number of amides is 1. The maximum atomic E-state index is 11.4. The molecule has 1 amide bonds. The van der Waals surface area contributed by atoms with E-state index in [2.05, 4.69) is 5.32 Å². The average Bonchev–Trinajstić information content (AvgIpc) is 2.18. The second kappa shape index (κ2) is 5.97. The third-order valence-corrected chi connectivity index (χ3v) is 3.45. The quantitative estimate of drug-likeness (QED) is 0.624. The van der Waals surface area contributed by atoms with Crippen LogP contribution in [0, 0.1) is 0 Å². The third kappa shape index (κ3) is 4.53. The minimum atomic E-state index is -1.05. The molecule has 6 heteroatoms. The molecule has 1 rings (SSSR count). The van der Waals surface area contributed by atoms with Gasteiger partial charge in [0.05, 0.1) is 12.5 Å². The molecular formula is C9H16N2O3S. The van der Waals surface area contributed by atoms with Crippen LogP contribution in [0.4, 0.5) is 0 Å². The summed E-state index contributed by atoms with van der Waals surface area (Å²) in [7, 11) is 0. The highest BCUT2D eigenvalue weighted by molar-refractivity contribution is 7.99. The van der Waals surface area contributed by atoms with Gasteiger partial charge in [-0.15, -0.1) is 0 Å². The van der Waals surface area contributed by atoms with E-state index in [1.807, 2.05) is 0 Å². The van der Waals surface area contributed by atoms with Gasteiger partial charge in [-0.25, -0.2) is 0 Å². The summed E-state index contributed by atoms with van der Waals surface area (Å²) in [5.74, 6) is 0.625. The summed E-state index contributed by atoms with van der Waals surface area (Å²) in [6, 6.07) is -0.787. The number of hydrogen-bond donors (Lipinski definition) is 3. The summed E-state index contributed by atoms with van der Waals surface area (Å²) in [5, 5.41) is 11.3. The molecule has 0 aromatic heterocycles. The fourth-order valence-electron chi connectivity index (χ4n) is 1.44. The molecule has 1 aliphatic heterocycles. The number of carboxylic acids is 1. The summed E-state index contributed by atoms with van der Waals surface area (Å²) in [6.45, 7) is 0. The van der Waals surface area contributed by atoms with E-state index < -0.39 is 12.0 Å². The SMILES string of the molecule is NC(CC(=O)O)C(=O)NC1CCCSC1. The van der Waals surface area contributed by atoms with E-state index in [0.717, 1.165) is 24.3 Å². The van der Waals surface area contributed by atoms with Crippen molar-refractivity contribution >= 4 is 23.6 Å². The van der Waals surface area contributed by atoms with Gasteiger partial charge in [-0.2, -0.15) is 11.8 Å². The molecule has 1 heterocycles. The van der Waals surface area contributed by atoms with Gasteiger partial charge in [-0.05, 0) is 18.6 Å². The molecule has 0 spiro atoms. The highest BCUT2D eigenvalue weighted by Gasteiger charge is 2.21. The molecule has 2 unspecified atom stereocenters. The van der Waals surface area contributed by atoms with Crippen LogP contribution in [0.15, 0.2) is 0 Å². The Morgan fingerprint density at radius 1 is 1.60 bits per heavy atom. The number of hydrogen-bond acceptors (Lipinski definition) is 4. The van der Waals surface area contributed by atoms with Crippen molar-refractivity contribution in [3.05, 3.63) is 0 Å². The number of carboxylic acid groups (broad SMARTS) is 1. The predicted molar refractivity (Wildman–Crippen MR) is 58.7 cm³/mol. The molecule has 5 nitrogen and oxygen atoms in total. The molecule has 15 heavy (non-hydrogen) atoms. The number of nitrogens with two attached hydrogens (primary N) is 1. The maximum Gasteiger partial charge on any atom is 0.305 e. The minimum Gasteiger partial charge on any atom is -0.481 e. The molecule has 0 aromatic rings. The molecule has 0 aliphatic carbocycles. The van der Waals surface area contributed by atoms with Gasteiger partial charge < -0.3 is 16.2 Å². The summed E-state index contributed by atoms with van der Waals surface area (Å²) in [5.41, 5.74) is 5.44. The first-order chi connectivity index (χ1) is 7.09. The number of thioether (sulfide) groups is 1. The van der Waals surface area contributed by atoms with Crippen LogP contribution in [-0.2, 0) is 9.59 Å². The molecule has 1 aliphatic rings. The predicted octanol–water partition coefficient (Wildman–Crippen LogP) is -0.200. The highest BCUT2D eigenvalue weighted by Crippen LogP contribution is 2.16. The smallest absolute Gasteiger partial charge is 0.305 e. The van der Waals surface area contributed by atoms with Gasteiger partial charge in [-0.1, -0.05) is 0 Å². The van der Waals surface area contributed by atoms with E-state index in [1.165, 1.54) is 0 Å². The van der Waals surface area contributed by atoms with Crippen LogP contribution in [0.2, 0.25) is 0 Å². The van der Waals surface area contributed by atoms with Gasteiger partial charge in [0.25, 0.3) is 0 Å². The Balaban J connectivity index is 2.30. The Morgan fingerprint density at radius 3 is 2.87 bits per heavy atom. The van der Waals surface area contributed by atoms with Crippen LogP contribution in [-0.4, -0.2) is 40.6 Å². The molecule has 4 N–H and O–H groups in total. The van der Waals surface area contributed by atoms with Gasteiger partial charge in [0.15, 0.2) is 0 Å². The third-order valence-electron chi connectivity index (χ3n) is 2.24. The monoisotopic (exact) mass is 232 g/mol. The Labute approximate surface area is 92.8 Å². The summed E-state index contributed by atoms with van der Waals surface area (Å²) in [4.78, 5) is 21.8. The van der Waals surface area contributed by atoms with Crippen LogP contribution < -0.4 is 11.1 Å². The van der Waals surface area contributed by atoms with E-state index in [0.29, 0.717) is 0 Å². The zero-order chi connectivity index (χ0) is 11.3. The first-order valence-electron chi connectivity index (χ1n) is 4.95. The largest absolute Gasteiger partial charge is 0.481 e. The van der Waals surface area contributed by atoms with Crippen molar-refractivity contribution in [1.29, 1.82) is 0 Å². The second-order valence-corrected chi connectivity index (χ2v) is 4.78. The highest BCUT2D eigenvalue weighted by atomic mass is 32.2. The van der Waals surface area contributed by atoms with Gasteiger partial charge in [-0.3, -0.25) is 9.59 Å². The number of aliphatic carboxylic acids is 1. The lowest BCUT2D eigenvalue weighted by Crippen LogP contribution is -2.47. The lowest BCUT2D eigenvalue weighted by atomic mass is 10.1. The fourth-order valence-corrected chi connectivity index (χ4v) is 2.52. The van der Waals surface area contributed by atoms with Gasteiger partial charge in [0.2, 0.25) is 5.91 Å². The van der Waals surface area contributed by atoms with Crippen LogP contribution in [0.5, 0.6) is 0 Å². The van der Waals surface area contributed by atoms with E-state index in [1.54, 1.807) is 11.8 Å². The molecule has 1 fully saturated rings. The lowest BCUT2D eigenvalue weighted by molar-refractivity contribution is -0.139. The molecule has 0 aromatic carbocycles. The van der Waals surface area contributed by atoms with Crippen molar-refractivity contribution in [3.8, 4) is 0 Å². The van der Waals surface area contributed by atoms with Crippen LogP contribution in [0.3, 0.4) is 0 Å². The van der Waals surface area contributed by atoms with Gasteiger partial charge in [0, 0.05) is 11.8 Å². The minimum absolute atomic E-state index is 0.149. The van der Waals surface area contributed by atoms with E-state index in [-0.39, 0.29) is 18.4 Å². The summed E-state index contributed by atoms with van der Waals surface area (Å²) >= 11 is 1.80. The Hall–Kier alpha value is -0.750. The zero-order valence-electron chi connectivity index (χ0n) is 8.44. The number of carbonyl (C=O) groups is 2. The van der Waals surface area contributed by atoms with Crippen molar-refractivity contribution in [1.82, 2.24) is 5.32 Å². The Morgan fingerprint density at radius 2 is 2.33 bits per heavy atom. The molecule has 86 valence electrons. The second-order valence-electron chi connectivity index (χ2n) is 3.63. The first-order valence-corrected chi connectivity index (χ1v) is 6.10. The van der Waals surface area contributed by atoms with Crippen LogP contribution in [0.1, 0.15) is 19.3 Å². The van der Waals surface area contributed by atoms with Gasteiger partial charge >= 0.3 is 5.97 Å². The Bertz CT molecular complexity index is 242. The zero-order valence-corrected chi connectivity index (χ0v) is 9.26. The summed E-state index contributed by atoms with van der Waals surface area (Å²) in [6.07, 6.45) is 1.73. The number of rotatable bonds is 4. The van der Waals surface area contributed by atoms with E-state index in [9.17, 15) is 9.59 Å². The fraction of sp³-hybridized carbons (Fsp3) is 0.778. The molecule has 0 bridgehead atoms. The van der Waals surface area contributed by atoms with Crippen LogP contribution >= 0.6 is 11.8 Å². The molecular weight excluding hydrogens is 216 g/mol. The first kappa shape index (κ1) is 12.3. The standard InChI is InChI=1S/C9H16N2O3S/c10-7(4-8(12)13)9(14)11-6-2-1-3-15-5-6/h6-7H,1-5,10H2,(H,11,14)(H,12,13). The van der Waals surface area contributed by atoms with Crippen molar-refractivity contribution in [3.63, 3.8) is 0 Å². The molecule has 2 atom stereocenters. The lowest BCUT2D eigenvalue weighted by Gasteiger charge is -2.23. The maximum absolute atomic E-state index is 11.4. The van der Waals surface area contributed by atoms with E-state index >= 15 is 0 Å². The molecule has 0 saturated carbocycles. The topological polar surface area (TPSA) is 92.4 Å². The van der Waals surface area contributed by atoms with Crippen molar-refractivity contribution in [2.45, 2.75) is 31.3 Å². The Kier molecular flexibility index (Phi) is 4.90. The van der Waals surface area contributed by atoms with Crippen molar-refractivity contribution in [2.24, 2.45) is 5.73 Å². The average molecular weight is 232 g/mol. The van der Waals surface area contributed by atoms with Crippen molar-refractivity contribution in [2.75, 3.05) is 11.5 Å².